The molecule has 3 heteroatoms. The van der Waals surface area contributed by atoms with Crippen molar-refractivity contribution in [2.45, 2.75) is 6.42 Å². The predicted molar refractivity (Wildman–Crippen MR) is 53.2 cm³/mol. The van der Waals surface area contributed by atoms with Crippen LogP contribution in [0.25, 0.3) is 0 Å². The molecule has 0 saturated heterocycles. The number of benzene rings is 1. The molecule has 0 spiro atoms. The van der Waals surface area contributed by atoms with Gasteiger partial charge < -0.3 is 15.8 Å². The zero-order valence-corrected chi connectivity index (χ0v) is 7.55. The first-order chi connectivity index (χ1) is 6.42. The van der Waals surface area contributed by atoms with Crippen LogP contribution in [0.1, 0.15) is 5.56 Å². The summed E-state index contributed by atoms with van der Waals surface area (Å²) in [4.78, 5) is 0. The van der Waals surface area contributed by atoms with E-state index in [9.17, 15) is 0 Å². The summed E-state index contributed by atoms with van der Waals surface area (Å²) in [6.07, 6.45) is 1.02. The van der Waals surface area contributed by atoms with Gasteiger partial charge in [-0.2, -0.15) is 0 Å². The van der Waals surface area contributed by atoms with E-state index in [0.717, 1.165) is 31.0 Å². The molecule has 1 aliphatic rings. The summed E-state index contributed by atoms with van der Waals surface area (Å²) in [6.45, 7) is 2.24. The van der Waals surface area contributed by atoms with Crippen LogP contribution in [0.4, 0.5) is 5.69 Å². The van der Waals surface area contributed by atoms with Gasteiger partial charge >= 0.3 is 0 Å². The Morgan fingerprint density at radius 1 is 1.46 bits per heavy atom. The third-order valence-corrected chi connectivity index (χ3v) is 2.17. The SMILES string of the molecule is NCCNc1cccc2c1OCC2. The lowest BCUT2D eigenvalue weighted by Gasteiger charge is -2.09. The molecule has 3 N–H and O–H groups in total. The summed E-state index contributed by atoms with van der Waals surface area (Å²) in [5, 5.41) is 3.24. The van der Waals surface area contributed by atoms with E-state index < -0.39 is 0 Å². The molecular formula is C10H14N2O. The van der Waals surface area contributed by atoms with Crippen LogP contribution in [0.3, 0.4) is 0 Å². The number of fused-ring (bicyclic) bond motifs is 1. The van der Waals surface area contributed by atoms with Crippen LogP contribution in [0.15, 0.2) is 18.2 Å². The molecule has 0 bridgehead atoms. The maximum Gasteiger partial charge on any atom is 0.145 e. The van der Waals surface area contributed by atoms with Crippen molar-refractivity contribution >= 4 is 5.69 Å². The first-order valence-electron chi connectivity index (χ1n) is 4.60. The second kappa shape index (κ2) is 3.66. The third kappa shape index (κ3) is 1.60. The van der Waals surface area contributed by atoms with Gasteiger partial charge in [-0.05, 0) is 11.6 Å². The lowest BCUT2D eigenvalue weighted by molar-refractivity contribution is 0.358. The minimum Gasteiger partial charge on any atom is -0.491 e. The molecule has 70 valence electrons. The highest BCUT2D eigenvalue weighted by atomic mass is 16.5. The number of hydrogen-bond donors (Lipinski definition) is 2. The van der Waals surface area contributed by atoms with Gasteiger partial charge in [-0.15, -0.1) is 0 Å². The zero-order chi connectivity index (χ0) is 9.10. The van der Waals surface area contributed by atoms with Gasteiger partial charge in [-0.1, -0.05) is 12.1 Å². The monoisotopic (exact) mass is 178 g/mol. The molecule has 0 saturated carbocycles. The fourth-order valence-electron chi connectivity index (χ4n) is 1.56. The van der Waals surface area contributed by atoms with Crippen LogP contribution in [0.5, 0.6) is 5.75 Å². The van der Waals surface area contributed by atoms with E-state index in [1.165, 1.54) is 5.56 Å². The van der Waals surface area contributed by atoms with Crippen molar-refractivity contribution in [1.82, 2.24) is 0 Å². The molecule has 1 aromatic carbocycles. The van der Waals surface area contributed by atoms with Crippen LogP contribution >= 0.6 is 0 Å². The van der Waals surface area contributed by atoms with E-state index in [2.05, 4.69) is 11.4 Å². The number of anilines is 1. The molecule has 0 amide bonds. The number of para-hydroxylation sites is 1. The van der Waals surface area contributed by atoms with Gasteiger partial charge in [0.1, 0.15) is 5.75 Å². The van der Waals surface area contributed by atoms with Gasteiger partial charge in [0.05, 0.1) is 12.3 Å². The van der Waals surface area contributed by atoms with Crippen LogP contribution in [0, 0.1) is 0 Å². The van der Waals surface area contributed by atoms with Crippen LogP contribution in [-0.4, -0.2) is 19.7 Å². The molecular weight excluding hydrogens is 164 g/mol. The largest absolute Gasteiger partial charge is 0.491 e. The fourth-order valence-corrected chi connectivity index (χ4v) is 1.56. The molecule has 1 aromatic rings. The van der Waals surface area contributed by atoms with Gasteiger partial charge in [0.15, 0.2) is 0 Å². The zero-order valence-electron chi connectivity index (χ0n) is 7.55. The van der Waals surface area contributed by atoms with Crippen molar-refractivity contribution < 1.29 is 4.74 Å². The van der Waals surface area contributed by atoms with E-state index in [1.54, 1.807) is 0 Å². The van der Waals surface area contributed by atoms with E-state index >= 15 is 0 Å². The average molecular weight is 178 g/mol. The number of hydrogen-bond acceptors (Lipinski definition) is 3. The Kier molecular flexibility index (Phi) is 2.36. The Bertz CT molecular complexity index is 299. The molecule has 3 nitrogen and oxygen atoms in total. The molecule has 0 atom stereocenters. The fraction of sp³-hybridized carbons (Fsp3) is 0.400. The highest BCUT2D eigenvalue weighted by Gasteiger charge is 2.14. The summed E-state index contributed by atoms with van der Waals surface area (Å²) >= 11 is 0. The second-order valence-corrected chi connectivity index (χ2v) is 3.11. The van der Waals surface area contributed by atoms with E-state index in [1.807, 2.05) is 12.1 Å². The van der Waals surface area contributed by atoms with E-state index in [4.69, 9.17) is 10.5 Å². The molecule has 0 aromatic heterocycles. The Balaban J connectivity index is 2.20. The average Bonchev–Trinajstić information content (AvgIpc) is 2.62. The topological polar surface area (TPSA) is 47.3 Å². The first kappa shape index (κ1) is 8.38. The maximum absolute atomic E-state index is 5.52. The lowest BCUT2D eigenvalue weighted by atomic mass is 10.1. The van der Waals surface area contributed by atoms with Crippen LogP contribution in [0.2, 0.25) is 0 Å². The van der Waals surface area contributed by atoms with E-state index in [-0.39, 0.29) is 0 Å². The van der Waals surface area contributed by atoms with E-state index in [0.29, 0.717) is 6.54 Å². The summed E-state index contributed by atoms with van der Waals surface area (Å²) < 4.78 is 5.52. The Morgan fingerprint density at radius 2 is 2.38 bits per heavy atom. The highest BCUT2D eigenvalue weighted by molar-refractivity contribution is 5.61. The molecule has 0 unspecified atom stereocenters. The smallest absolute Gasteiger partial charge is 0.145 e. The normalized spacial score (nSPS) is 13.6. The minimum atomic E-state index is 0.643. The molecule has 1 heterocycles. The van der Waals surface area contributed by atoms with Gasteiger partial charge in [0.2, 0.25) is 0 Å². The van der Waals surface area contributed by atoms with Gasteiger partial charge in [-0.3, -0.25) is 0 Å². The first-order valence-corrected chi connectivity index (χ1v) is 4.60. The molecule has 13 heavy (non-hydrogen) atoms. The summed E-state index contributed by atoms with van der Waals surface area (Å²) in [5.41, 5.74) is 7.78. The Morgan fingerprint density at radius 3 is 3.23 bits per heavy atom. The molecule has 0 radical (unpaired) electrons. The van der Waals surface area contributed by atoms with Gasteiger partial charge in [-0.25, -0.2) is 0 Å². The quantitative estimate of drug-likeness (QED) is 0.725. The number of nitrogens with one attached hydrogen (secondary N) is 1. The lowest BCUT2D eigenvalue weighted by Crippen LogP contribution is -2.13. The second-order valence-electron chi connectivity index (χ2n) is 3.11. The van der Waals surface area contributed by atoms with Crippen LogP contribution in [-0.2, 0) is 6.42 Å². The number of ether oxygens (including phenoxy) is 1. The van der Waals surface area contributed by atoms with Crippen molar-refractivity contribution in [3.63, 3.8) is 0 Å². The third-order valence-electron chi connectivity index (χ3n) is 2.17. The molecule has 1 aliphatic heterocycles. The predicted octanol–water partition coefficient (Wildman–Crippen LogP) is 0.992. The standard InChI is InChI=1S/C10H14N2O/c11-5-6-12-9-3-1-2-8-4-7-13-10(8)9/h1-3,12H,4-7,11H2. The molecule has 0 fully saturated rings. The highest BCUT2D eigenvalue weighted by Crippen LogP contribution is 2.33. The maximum atomic E-state index is 5.52. The number of rotatable bonds is 3. The molecule has 0 aliphatic carbocycles. The minimum absolute atomic E-state index is 0.643. The summed E-state index contributed by atoms with van der Waals surface area (Å²) in [5.74, 6) is 1.01. The number of nitrogens with two attached hydrogens (primary N) is 1. The van der Waals surface area contributed by atoms with Crippen molar-refractivity contribution in [2.75, 3.05) is 25.0 Å². The van der Waals surface area contributed by atoms with Gasteiger partial charge in [0.25, 0.3) is 0 Å². The van der Waals surface area contributed by atoms with Crippen LogP contribution < -0.4 is 15.8 Å². The van der Waals surface area contributed by atoms with Crippen molar-refractivity contribution in [3.8, 4) is 5.75 Å². The summed E-state index contributed by atoms with van der Waals surface area (Å²) in [7, 11) is 0. The van der Waals surface area contributed by atoms with Crippen molar-refractivity contribution in [1.29, 1.82) is 0 Å². The summed E-state index contributed by atoms with van der Waals surface area (Å²) in [6, 6.07) is 6.18. The Labute approximate surface area is 77.9 Å². The molecule has 2 rings (SSSR count). The Hall–Kier alpha value is -1.22. The van der Waals surface area contributed by atoms with Gasteiger partial charge in [0, 0.05) is 19.5 Å². The van der Waals surface area contributed by atoms with Crippen molar-refractivity contribution in [3.05, 3.63) is 23.8 Å². The van der Waals surface area contributed by atoms with Crippen molar-refractivity contribution in [2.24, 2.45) is 5.73 Å².